The third kappa shape index (κ3) is 3.46. The maximum Gasteiger partial charge on any atom is 0.243 e. The lowest BCUT2D eigenvalue weighted by molar-refractivity contribution is 0.314. The number of aryl methyl sites for hydroxylation is 2. The van der Waals surface area contributed by atoms with E-state index in [1.807, 2.05) is 19.1 Å². The van der Waals surface area contributed by atoms with Crippen molar-refractivity contribution in [2.45, 2.75) is 43.9 Å². The zero-order chi connectivity index (χ0) is 16.4. The first-order valence-corrected chi connectivity index (χ1v) is 10.2. The molecule has 3 rings (SSSR count). The zero-order valence-electron chi connectivity index (χ0n) is 13.4. The third-order valence-electron chi connectivity index (χ3n) is 4.24. The molecule has 0 spiro atoms. The van der Waals surface area contributed by atoms with E-state index in [9.17, 15) is 8.42 Å². The van der Waals surface area contributed by atoms with Crippen molar-refractivity contribution in [3.8, 4) is 0 Å². The molecule has 1 aromatic carbocycles. The molecule has 0 saturated carbocycles. The maximum atomic E-state index is 12.9. The Morgan fingerprint density at radius 2 is 2.00 bits per heavy atom. The maximum absolute atomic E-state index is 12.9. The summed E-state index contributed by atoms with van der Waals surface area (Å²) in [5.74, 6) is 0.152. The number of benzene rings is 1. The molecule has 1 aliphatic heterocycles. The van der Waals surface area contributed by atoms with E-state index in [0.717, 1.165) is 34.8 Å². The van der Waals surface area contributed by atoms with E-state index < -0.39 is 10.0 Å². The fourth-order valence-corrected chi connectivity index (χ4v) is 5.23. The average molecular weight is 351 g/mol. The van der Waals surface area contributed by atoms with Crippen LogP contribution in [0.4, 0.5) is 0 Å². The molecule has 1 aromatic heterocycles. The predicted molar refractivity (Wildman–Crippen MR) is 91.2 cm³/mol. The van der Waals surface area contributed by atoms with E-state index >= 15 is 0 Å². The summed E-state index contributed by atoms with van der Waals surface area (Å²) in [6, 6.07) is 7.21. The highest BCUT2D eigenvalue weighted by Gasteiger charge is 2.32. The van der Waals surface area contributed by atoms with E-state index in [2.05, 4.69) is 17.1 Å². The highest BCUT2D eigenvalue weighted by atomic mass is 32.2. The number of aromatic nitrogens is 2. The second-order valence-electron chi connectivity index (χ2n) is 5.86. The lowest BCUT2D eigenvalue weighted by atomic mass is 10.0. The molecular weight excluding hydrogens is 330 g/mol. The molecule has 2 heterocycles. The van der Waals surface area contributed by atoms with Crippen LogP contribution in [0, 0.1) is 6.92 Å². The summed E-state index contributed by atoms with van der Waals surface area (Å²) in [7, 11) is -3.43. The van der Waals surface area contributed by atoms with Gasteiger partial charge in [-0.2, -0.15) is 4.31 Å². The highest BCUT2D eigenvalue weighted by molar-refractivity contribution is 7.89. The first-order chi connectivity index (χ1) is 11.0. The van der Waals surface area contributed by atoms with Crippen LogP contribution in [0.1, 0.15) is 41.3 Å². The number of rotatable bonds is 4. The molecule has 0 bridgehead atoms. The normalized spacial score (nSPS) is 19.8. The number of hydrogen-bond donors (Lipinski definition) is 0. The SMILES string of the molecule is CCc1ccc(S(=O)(=O)N2CCC[C@@H](c3nnc(C)s3)C2)cc1. The molecule has 0 radical (unpaired) electrons. The molecule has 1 saturated heterocycles. The molecule has 2 aromatic rings. The first-order valence-electron chi connectivity index (χ1n) is 7.90. The van der Waals surface area contributed by atoms with Crippen LogP contribution >= 0.6 is 11.3 Å². The molecule has 1 aliphatic rings. The summed E-state index contributed by atoms with van der Waals surface area (Å²) in [5.41, 5.74) is 1.14. The number of sulfonamides is 1. The van der Waals surface area contributed by atoms with Crippen LogP contribution in [0.25, 0.3) is 0 Å². The summed E-state index contributed by atoms with van der Waals surface area (Å²) >= 11 is 1.56. The molecule has 0 unspecified atom stereocenters. The smallest absolute Gasteiger partial charge is 0.207 e. The quantitative estimate of drug-likeness (QED) is 0.849. The van der Waals surface area contributed by atoms with Crippen LogP contribution < -0.4 is 0 Å². The molecule has 0 amide bonds. The van der Waals surface area contributed by atoms with Gasteiger partial charge in [-0.25, -0.2) is 8.42 Å². The van der Waals surface area contributed by atoms with Crippen molar-refractivity contribution in [3.05, 3.63) is 39.8 Å². The molecular formula is C16H21N3O2S2. The zero-order valence-corrected chi connectivity index (χ0v) is 15.0. The van der Waals surface area contributed by atoms with E-state index in [-0.39, 0.29) is 5.92 Å². The van der Waals surface area contributed by atoms with Gasteiger partial charge in [-0.1, -0.05) is 19.1 Å². The first kappa shape index (κ1) is 16.5. The van der Waals surface area contributed by atoms with Gasteiger partial charge in [0.2, 0.25) is 10.0 Å². The van der Waals surface area contributed by atoms with Crippen molar-refractivity contribution < 1.29 is 8.42 Å². The second kappa shape index (κ2) is 6.67. The third-order valence-corrected chi connectivity index (χ3v) is 7.12. The van der Waals surface area contributed by atoms with E-state index in [4.69, 9.17) is 0 Å². The Hall–Kier alpha value is -1.31. The van der Waals surface area contributed by atoms with Crippen molar-refractivity contribution in [3.63, 3.8) is 0 Å². The van der Waals surface area contributed by atoms with Gasteiger partial charge in [-0.05, 0) is 43.9 Å². The highest BCUT2D eigenvalue weighted by Crippen LogP contribution is 2.31. The summed E-state index contributed by atoms with van der Waals surface area (Å²) in [6.45, 7) is 5.05. The largest absolute Gasteiger partial charge is 0.243 e. The lowest BCUT2D eigenvalue weighted by Crippen LogP contribution is -2.39. The van der Waals surface area contributed by atoms with Gasteiger partial charge in [0, 0.05) is 19.0 Å². The number of piperidine rings is 1. The minimum absolute atomic E-state index is 0.152. The van der Waals surface area contributed by atoms with Gasteiger partial charge in [-0.15, -0.1) is 21.5 Å². The van der Waals surface area contributed by atoms with Crippen LogP contribution in [0.5, 0.6) is 0 Å². The molecule has 124 valence electrons. The predicted octanol–water partition coefficient (Wildman–Crippen LogP) is 2.98. The molecule has 7 heteroatoms. The fourth-order valence-electron chi connectivity index (χ4n) is 2.89. The van der Waals surface area contributed by atoms with Crippen LogP contribution in [-0.2, 0) is 16.4 Å². The average Bonchev–Trinajstić information content (AvgIpc) is 3.01. The molecule has 5 nitrogen and oxygen atoms in total. The second-order valence-corrected chi connectivity index (χ2v) is 9.01. The van der Waals surface area contributed by atoms with Gasteiger partial charge >= 0.3 is 0 Å². The summed E-state index contributed by atoms with van der Waals surface area (Å²) in [4.78, 5) is 0.379. The Bertz CT molecular complexity index is 769. The summed E-state index contributed by atoms with van der Waals surface area (Å²) < 4.78 is 27.3. The van der Waals surface area contributed by atoms with Gasteiger partial charge < -0.3 is 0 Å². The number of nitrogens with zero attached hydrogens (tertiary/aromatic N) is 3. The molecule has 23 heavy (non-hydrogen) atoms. The summed E-state index contributed by atoms with van der Waals surface area (Å²) in [5, 5.41) is 10.1. The summed E-state index contributed by atoms with van der Waals surface area (Å²) in [6.07, 6.45) is 2.73. The lowest BCUT2D eigenvalue weighted by Gasteiger charge is -2.30. The van der Waals surface area contributed by atoms with Gasteiger partial charge in [0.1, 0.15) is 10.0 Å². The molecule has 1 fully saturated rings. The van der Waals surface area contributed by atoms with Gasteiger partial charge in [0.05, 0.1) is 4.90 Å². The minimum Gasteiger partial charge on any atom is -0.207 e. The minimum atomic E-state index is -3.43. The van der Waals surface area contributed by atoms with Crippen LogP contribution in [0.3, 0.4) is 0 Å². The monoisotopic (exact) mass is 351 g/mol. The Morgan fingerprint density at radius 1 is 1.26 bits per heavy atom. The number of hydrogen-bond acceptors (Lipinski definition) is 5. The van der Waals surface area contributed by atoms with Gasteiger partial charge in [0.15, 0.2) is 0 Å². The van der Waals surface area contributed by atoms with Crippen molar-refractivity contribution in [2.24, 2.45) is 0 Å². The Morgan fingerprint density at radius 3 is 2.61 bits per heavy atom. The van der Waals surface area contributed by atoms with Crippen molar-refractivity contribution >= 4 is 21.4 Å². The van der Waals surface area contributed by atoms with Crippen molar-refractivity contribution in [2.75, 3.05) is 13.1 Å². The van der Waals surface area contributed by atoms with Crippen LogP contribution in [0.2, 0.25) is 0 Å². The van der Waals surface area contributed by atoms with Crippen LogP contribution in [-0.4, -0.2) is 36.0 Å². The van der Waals surface area contributed by atoms with E-state index in [0.29, 0.717) is 18.0 Å². The van der Waals surface area contributed by atoms with E-state index in [1.165, 1.54) is 0 Å². The van der Waals surface area contributed by atoms with Gasteiger partial charge in [-0.3, -0.25) is 0 Å². The Kier molecular flexibility index (Phi) is 4.79. The molecule has 0 aliphatic carbocycles. The standard InChI is InChI=1S/C16H21N3O2S2/c1-3-13-6-8-15(9-7-13)23(20,21)19-10-4-5-14(11-19)16-18-17-12(2)22-16/h6-9,14H,3-5,10-11H2,1-2H3/t14-/m1/s1. The Balaban J connectivity index is 1.81. The van der Waals surface area contributed by atoms with E-state index in [1.54, 1.807) is 27.8 Å². The van der Waals surface area contributed by atoms with Crippen molar-refractivity contribution in [1.29, 1.82) is 0 Å². The van der Waals surface area contributed by atoms with Crippen molar-refractivity contribution in [1.82, 2.24) is 14.5 Å². The molecule has 0 N–H and O–H groups in total. The fraction of sp³-hybridized carbons (Fsp3) is 0.500. The van der Waals surface area contributed by atoms with Crippen LogP contribution in [0.15, 0.2) is 29.2 Å². The molecule has 1 atom stereocenters. The van der Waals surface area contributed by atoms with Gasteiger partial charge in [0.25, 0.3) is 0 Å². The Labute approximate surface area is 141 Å². The topological polar surface area (TPSA) is 63.2 Å².